The second-order valence-corrected chi connectivity index (χ2v) is 5.01. The SMILES string of the molecule is O=C(c1cccnc1)N(Cl)c1ccc(I)cc1F. The molecular formula is C12H7ClFIN2O. The lowest BCUT2D eigenvalue weighted by atomic mass is 10.2. The van der Waals surface area contributed by atoms with Crippen molar-refractivity contribution in [2.24, 2.45) is 0 Å². The summed E-state index contributed by atoms with van der Waals surface area (Å²) in [5.74, 6) is -1.07. The van der Waals surface area contributed by atoms with Crippen molar-refractivity contribution >= 4 is 46.0 Å². The van der Waals surface area contributed by atoms with Gasteiger partial charge in [-0.25, -0.2) is 8.81 Å². The summed E-state index contributed by atoms with van der Waals surface area (Å²) in [4.78, 5) is 15.8. The molecule has 92 valence electrons. The van der Waals surface area contributed by atoms with Gasteiger partial charge in [0.2, 0.25) is 0 Å². The highest BCUT2D eigenvalue weighted by molar-refractivity contribution is 14.1. The van der Waals surface area contributed by atoms with E-state index < -0.39 is 11.7 Å². The molecule has 0 radical (unpaired) electrons. The molecule has 1 amide bonds. The number of hydrogen-bond donors (Lipinski definition) is 0. The fourth-order valence-corrected chi connectivity index (χ4v) is 2.04. The molecule has 6 heteroatoms. The smallest absolute Gasteiger partial charge is 0.267 e. The number of aromatic nitrogens is 1. The Morgan fingerprint density at radius 3 is 2.78 bits per heavy atom. The van der Waals surface area contributed by atoms with Crippen LogP contribution in [-0.2, 0) is 0 Å². The van der Waals surface area contributed by atoms with Gasteiger partial charge in [-0.1, -0.05) is 0 Å². The van der Waals surface area contributed by atoms with Crippen molar-refractivity contribution in [1.82, 2.24) is 4.98 Å². The number of nitrogens with zero attached hydrogens (tertiary/aromatic N) is 2. The van der Waals surface area contributed by atoms with Crippen LogP contribution in [0.25, 0.3) is 0 Å². The van der Waals surface area contributed by atoms with Crippen LogP contribution in [-0.4, -0.2) is 10.9 Å². The minimum absolute atomic E-state index is 0.0194. The first-order valence-corrected chi connectivity index (χ1v) is 6.36. The van der Waals surface area contributed by atoms with Crippen LogP contribution in [0.15, 0.2) is 42.7 Å². The second-order valence-electron chi connectivity index (χ2n) is 3.42. The molecule has 0 N–H and O–H groups in total. The van der Waals surface area contributed by atoms with Crippen LogP contribution < -0.4 is 4.42 Å². The third kappa shape index (κ3) is 2.78. The molecule has 2 rings (SSSR count). The number of pyridine rings is 1. The quantitative estimate of drug-likeness (QED) is 0.592. The molecule has 0 aliphatic carbocycles. The van der Waals surface area contributed by atoms with E-state index in [1.807, 2.05) is 22.6 Å². The van der Waals surface area contributed by atoms with Gasteiger partial charge in [0.25, 0.3) is 5.91 Å². The second kappa shape index (κ2) is 5.62. The molecule has 18 heavy (non-hydrogen) atoms. The van der Waals surface area contributed by atoms with E-state index in [1.54, 1.807) is 24.4 Å². The summed E-state index contributed by atoms with van der Waals surface area (Å²) in [7, 11) is 0. The molecule has 0 aliphatic rings. The standard InChI is InChI=1S/C12H7ClFIN2O/c13-17(11-4-3-9(15)6-10(11)14)12(18)8-2-1-5-16-7-8/h1-7H. The summed E-state index contributed by atoms with van der Waals surface area (Å²) in [6.45, 7) is 0. The predicted molar refractivity (Wildman–Crippen MR) is 76.0 cm³/mol. The van der Waals surface area contributed by atoms with Crippen molar-refractivity contribution in [3.63, 3.8) is 0 Å². The number of carbonyl (C=O) groups excluding carboxylic acids is 1. The van der Waals surface area contributed by atoms with Gasteiger partial charge in [0.15, 0.2) is 0 Å². The van der Waals surface area contributed by atoms with Crippen LogP contribution in [0.5, 0.6) is 0 Å². The van der Waals surface area contributed by atoms with Crippen molar-refractivity contribution in [1.29, 1.82) is 0 Å². The number of hydrogen-bond acceptors (Lipinski definition) is 2. The van der Waals surface area contributed by atoms with Crippen LogP contribution >= 0.6 is 34.4 Å². The van der Waals surface area contributed by atoms with E-state index in [0.29, 0.717) is 5.56 Å². The van der Waals surface area contributed by atoms with Gasteiger partial charge in [-0.2, -0.15) is 0 Å². The number of benzene rings is 1. The number of anilines is 1. The van der Waals surface area contributed by atoms with Gasteiger partial charge in [-0.3, -0.25) is 9.78 Å². The zero-order valence-electron chi connectivity index (χ0n) is 8.98. The summed E-state index contributed by atoms with van der Waals surface area (Å²) >= 11 is 7.84. The van der Waals surface area contributed by atoms with Gasteiger partial charge < -0.3 is 0 Å². The molecule has 1 aromatic carbocycles. The molecule has 0 fully saturated rings. The first-order chi connectivity index (χ1) is 8.59. The Labute approximate surface area is 122 Å². The third-order valence-corrected chi connectivity index (χ3v) is 3.21. The molecule has 0 atom stereocenters. The van der Waals surface area contributed by atoms with Gasteiger partial charge in [0, 0.05) is 27.7 Å². The Balaban J connectivity index is 2.31. The average molecular weight is 377 g/mol. The Bertz CT molecular complexity index is 580. The van der Waals surface area contributed by atoms with Crippen molar-refractivity contribution in [2.45, 2.75) is 0 Å². The first kappa shape index (κ1) is 13.2. The van der Waals surface area contributed by atoms with Crippen LogP contribution in [0.1, 0.15) is 10.4 Å². The predicted octanol–water partition coefficient (Wildman–Crippen LogP) is 3.63. The Kier molecular flexibility index (Phi) is 4.13. The fraction of sp³-hybridized carbons (Fsp3) is 0. The largest absolute Gasteiger partial charge is 0.274 e. The molecule has 0 saturated carbocycles. The summed E-state index contributed by atoms with van der Waals surface area (Å²) in [6.07, 6.45) is 2.92. The summed E-state index contributed by atoms with van der Waals surface area (Å²) in [5, 5.41) is 0. The van der Waals surface area contributed by atoms with Crippen LogP contribution in [0.4, 0.5) is 10.1 Å². The topological polar surface area (TPSA) is 33.2 Å². The highest BCUT2D eigenvalue weighted by Crippen LogP contribution is 2.24. The molecular weight excluding hydrogens is 370 g/mol. The number of carbonyl (C=O) groups is 1. The molecule has 1 aromatic heterocycles. The van der Waals surface area contributed by atoms with Crippen LogP contribution in [0.3, 0.4) is 0 Å². The van der Waals surface area contributed by atoms with Gasteiger partial charge in [0.1, 0.15) is 5.82 Å². The van der Waals surface area contributed by atoms with Gasteiger partial charge in [0.05, 0.1) is 11.3 Å². The Hall–Kier alpha value is -1.21. The molecule has 3 nitrogen and oxygen atoms in total. The molecule has 0 unspecified atom stereocenters. The van der Waals surface area contributed by atoms with Crippen molar-refractivity contribution in [3.05, 3.63) is 57.7 Å². The van der Waals surface area contributed by atoms with Crippen LogP contribution in [0, 0.1) is 9.39 Å². The van der Waals surface area contributed by atoms with Gasteiger partial charge in [-0.05, 0) is 52.9 Å². The fourth-order valence-electron chi connectivity index (χ4n) is 1.35. The van der Waals surface area contributed by atoms with E-state index in [0.717, 1.165) is 7.99 Å². The molecule has 0 aliphatic heterocycles. The Morgan fingerprint density at radius 2 is 2.17 bits per heavy atom. The lowest BCUT2D eigenvalue weighted by molar-refractivity contribution is 0.100. The van der Waals surface area contributed by atoms with Gasteiger partial charge in [-0.15, -0.1) is 0 Å². The zero-order valence-corrected chi connectivity index (χ0v) is 11.9. The third-order valence-electron chi connectivity index (χ3n) is 2.21. The first-order valence-electron chi connectivity index (χ1n) is 4.95. The summed E-state index contributed by atoms with van der Waals surface area (Å²) in [5.41, 5.74) is 0.316. The van der Waals surface area contributed by atoms with E-state index in [9.17, 15) is 9.18 Å². The molecule has 1 heterocycles. The van der Waals surface area contributed by atoms with Gasteiger partial charge >= 0.3 is 0 Å². The summed E-state index contributed by atoms with van der Waals surface area (Å²) < 4.78 is 15.2. The lowest BCUT2D eigenvalue weighted by Crippen LogP contribution is -2.21. The maximum atomic E-state index is 13.7. The maximum Gasteiger partial charge on any atom is 0.274 e. The van der Waals surface area contributed by atoms with E-state index >= 15 is 0 Å². The zero-order chi connectivity index (χ0) is 13.1. The average Bonchev–Trinajstić information content (AvgIpc) is 2.38. The van der Waals surface area contributed by atoms with E-state index in [4.69, 9.17) is 11.8 Å². The Morgan fingerprint density at radius 1 is 1.39 bits per heavy atom. The number of amides is 1. The van der Waals surface area contributed by atoms with Crippen molar-refractivity contribution in [2.75, 3.05) is 4.42 Å². The normalized spacial score (nSPS) is 10.2. The van der Waals surface area contributed by atoms with E-state index in [1.165, 1.54) is 18.3 Å². The summed E-state index contributed by atoms with van der Waals surface area (Å²) in [6, 6.07) is 7.61. The van der Waals surface area contributed by atoms with Crippen LogP contribution in [0.2, 0.25) is 0 Å². The maximum absolute atomic E-state index is 13.7. The highest BCUT2D eigenvalue weighted by Gasteiger charge is 2.19. The van der Waals surface area contributed by atoms with Crippen molar-refractivity contribution < 1.29 is 9.18 Å². The molecule has 0 spiro atoms. The minimum Gasteiger partial charge on any atom is -0.267 e. The monoisotopic (exact) mass is 376 g/mol. The minimum atomic E-state index is -0.547. The molecule has 0 saturated heterocycles. The molecule has 0 bridgehead atoms. The number of halogens is 3. The molecule has 2 aromatic rings. The lowest BCUT2D eigenvalue weighted by Gasteiger charge is -2.14. The van der Waals surface area contributed by atoms with E-state index in [2.05, 4.69) is 4.98 Å². The number of rotatable bonds is 2. The van der Waals surface area contributed by atoms with Crippen molar-refractivity contribution in [3.8, 4) is 0 Å². The highest BCUT2D eigenvalue weighted by atomic mass is 127. The van der Waals surface area contributed by atoms with E-state index in [-0.39, 0.29) is 5.69 Å².